The van der Waals surface area contributed by atoms with Gasteiger partial charge in [-0.3, -0.25) is 14.9 Å². The molecule has 2 aromatic carbocycles. The number of nitro groups is 1. The smallest absolute Gasteiger partial charge is 0.269 e. The Hall–Kier alpha value is -3.16. The fourth-order valence-corrected chi connectivity index (χ4v) is 6.53. The summed E-state index contributed by atoms with van der Waals surface area (Å²) in [6.07, 6.45) is 1.08. The quantitative estimate of drug-likeness (QED) is 0.340. The summed E-state index contributed by atoms with van der Waals surface area (Å²) in [5, 5.41) is 13.2. The van der Waals surface area contributed by atoms with Gasteiger partial charge in [-0.25, -0.2) is 21.8 Å². The lowest BCUT2D eigenvalue weighted by Gasteiger charge is -2.05. The van der Waals surface area contributed by atoms with Gasteiger partial charge in [0.05, 0.1) is 26.7 Å². The molecule has 0 unspecified atom stereocenters. The Kier molecular flexibility index (Phi) is 7.25. The highest BCUT2D eigenvalue weighted by Gasteiger charge is 2.22. The summed E-state index contributed by atoms with van der Waals surface area (Å²) in [5.41, 5.74) is 0.697. The number of anilines is 1. The molecule has 10 nitrogen and oxygen atoms in total. The van der Waals surface area contributed by atoms with Gasteiger partial charge in [0.15, 0.2) is 15.0 Å². The maximum absolute atomic E-state index is 12.7. The van der Waals surface area contributed by atoms with E-state index in [1.54, 1.807) is 12.1 Å². The molecular formula is C20H19N3O7S3. The van der Waals surface area contributed by atoms with Gasteiger partial charge in [0.1, 0.15) is 4.21 Å². The van der Waals surface area contributed by atoms with Gasteiger partial charge < -0.3 is 5.32 Å². The van der Waals surface area contributed by atoms with E-state index in [9.17, 15) is 31.7 Å². The molecule has 0 aliphatic rings. The fourth-order valence-electron chi connectivity index (χ4n) is 2.77. The van der Waals surface area contributed by atoms with Crippen molar-refractivity contribution in [3.05, 3.63) is 70.4 Å². The van der Waals surface area contributed by atoms with Gasteiger partial charge in [-0.1, -0.05) is 29.0 Å². The Bertz CT molecular complexity index is 1380. The molecule has 0 bridgehead atoms. The van der Waals surface area contributed by atoms with Crippen molar-refractivity contribution in [3.8, 4) is 0 Å². The lowest BCUT2D eigenvalue weighted by Crippen LogP contribution is -2.14. The SMILES string of the molecule is Cc1ccc(S(=O)(=O)CCCC(=O)Nc2ncc(S(=O)(=O)c3ccc([N+](=O)[O-])cc3)s2)cc1. The molecule has 0 atom stereocenters. The summed E-state index contributed by atoms with van der Waals surface area (Å²) in [7, 11) is -7.48. The van der Waals surface area contributed by atoms with Crippen LogP contribution in [-0.2, 0) is 24.5 Å². The Balaban J connectivity index is 1.59. The van der Waals surface area contributed by atoms with Crippen LogP contribution in [0.1, 0.15) is 18.4 Å². The van der Waals surface area contributed by atoms with E-state index in [2.05, 4.69) is 10.3 Å². The van der Waals surface area contributed by atoms with Gasteiger partial charge in [-0.05, 0) is 37.6 Å². The van der Waals surface area contributed by atoms with Crippen LogP contribution in [0.4, 0.5) is 10.8 Å². The van der Waals surface area contributed by atoms with E-state index < -0.39 is 30.5 Å². The number of aryl methyl sites for hydroxylation is 1. The second kappa shape index (κ2) is 9.77. The van der Waals surface area contributed by atoms with Gasteiger partial charge in [0, 0.05) is 18.6 Å². The van der Waals surface area contributed by atoms with E-state index in [4.69, 9.17) is 0 Å². The zero-order chi connectivity index (χ0) is 24.2. The number of sulfone groups is 2. The maximum Gasteiger partial charge on any atom is 0.269 e. The Morgan fingerprint density at radius 3 is 2.24 bits per heavy atom. The number of aromatic nitrogens is 1. The highest BCUT2D eigenvalue weighted by Crippen LogP contribution is 2.29. The van der Waals surface area contributed by atoms with Gasteiger partial charge >= 0.3 is 0 Å². The van der Waals surface area contributed by atoms with E-state index >= 15 is 0 Å². The number of carbonyl (C=O) groups excluding carboxylic acids is 1. The highest BCUT2D eigenvalue weighted by molar-refractivity contribution is 7.93. The van der Waals surface area contributed by atoms with Crippen molar-refractivity contribution in [2.24, 2.45) is 0 Å². The van der Waals surface area contributed by atoms with Crippen molar-refractivity contribution >= 4 is 47.7 Å². The summed E-state index contributed by atoms with van der Waals surface area (Å²) < 4.78 is 49.9. The van der Waals surface area contributed by atoms with E-state index in [1.807, 2.05) is 6.92 Å². The van der Waals surface area contributed by atoms with Crippen LogP contribution in [0.15, 0.2) is 68.7 Å². The van der Waals surface area contributed by atoms with Gasteiger partial charge in [-0.2, -0.15) is 0 Å². The van der Waals surface area contributed by atoms with Crippen LogP contribution in [-0.4, -0.2) is 38.4 Å². The first-order valence-corrected chi connectivity index (χ1v) is 13.5. The monoisotopic (exact) mass is 509 g/mol. The zero-order valence-corrected chi connectivity index (χ0v) is 19.7. The Labute approximate surface area is 194 Å². The largest absolute Gasteiger partial charge is 0.302 e. The topological polar surface area (TPSA) is 153 Å². The molecule has 3 rings (SSSR count). The van der Waals surface area contributed by atoms with Crippen molar-refractivity contribution < 1.29 is 26.6 Å². The predicted molar refractivity (Wildman–Crippen MR) is 122 cm³/mol. The number of nitro benzene ring substituents is 1. The van der Waals surface area contributed by atoms with Crippen molar-refractivity contribution in [3.63, 3.8) is 0 Å². The number of benzene rings is 2. The molecule has 3 aromatic rings. The van der Waals surface area contributed by atoms with Crippen LogP contribution in [0.2, 0.25) is 0 Å². The number of non-ortho nitro benzene ring substituents is 1. The van der Waals surface area contributed by atoms with Crippen molar-refractivity contribution in [2.75, 3.05) is 11.1 Å². The molecule has 0 aliphatic heterocycles. The number of rotatable bonds is 9. The average molecular weight is 510 g/mol. The van der Waals surface area contributed by atoms with E-state index in [0.717, 1.165) is 47.4 Å². The van der Waals surface area contributed by atoms with E-state index in [-0.39, 0.29) is 43.4 Å². The number of amides is 1. The maximum atomic E-state index is 12.7. The summed E-state index contributed by atoms with van der Waals surface area (Å²) >= 11 is 0.728. The van der Waals surface area contributed by atoms with Gasteiger partial charge in [-0.15, -0.1) is 0 Å². The minimum absolute atomic E-state index is 0.0434. The lowest BCUT2D eigenvalue weighted by molar-refractivity contribution is -0.384. The third-order valence-corrected chi connectivity index (χ3v) is 9.51. The first kappa shape index (κ1) is 24.5. The van der Waals surface area contributed by atoms with E-state index in [0.29, 0.717) is 0 Å². The molecule has 13 heteroatoms. The van der Waals surface area contributed by atoms with Crippen LogP contribution in [0, 0.1) is 17.0 Å². The molecule has 0 fully saturated rings. The molecule has 1 amide bonds. The molecule has 0 spiro atoms. The molecule has 0 aliphatic carbocycles. The van der Waals surface area contributed by atoms with Gasteiger partial charge in [0.25, 0.3) is 5.69 Å². The molecular weight excluding hydrogens is 490 g/mol. The molecule has 33 heavy (non-hydrogen) atoms. The average Bonchev–Trinajstić information content (AvgIpc) is 3.23. The predicted octanol–water partition coefficient (Wildman–Crippen LogP) is 3.39. The number of carbonyl (C=O) groups is 1. The Morgan fingerprint density at radius 1 is 1.03 bits per heavy atom. The van der Waals surface area contributed by atoms with Crippen molar-refractivity contribution in [1.82, 2.24) is 4.98 Å². The molecule has 1 heterocycles. The number of hydrogen-bond donors (Lipinski definition) is 1. The summed E-state index contributed by atoms with van der Waals surface area (Å²) in [6.45, 7) is 1.85. The zero-order valence-electron chi connectivity index (χ0n) is 17.3. The summed E-state index contributed by atoms with van der Waals surface area (Å²) in [4.78, 5) is 26.2. The summed E-state index contributed by atoms with van der Waals surface area (Å²) in [5.74, 6) is -0.705. The molecule has 0 saturated carbocycles. The number of thiazole rings is 1. The minimum Gasteiger partial charge on any atom is -0.302 e. The second-order valence-electron chi connectivity index (χ2n) is 7.02. The molecule has 1 aromatic heterocycles. The van der Waals surface area contributed by atoms with Crippen LogP contribution >= 0.6 is 11.3 Å². The molecule has 174 valence electrons. The van der Waals surface area contributed by atoms with Crippen LogP contribution in [0.3, 0.4) is 0 Å². The molecule has 0 radical (unpaired) electrons. The minimum atomic E-state index is -3.96. The van der Waals surface area contributed by atoms with E-state index in [1.165, 1.54) is 12.1 Å². The third kappa shape index (κ3) is 6.00. The molecule has 1 N–H and O–H groups in total. The van der Waals surface area contributed by atoms with Crippen molar-refractivity contribution in [2.45, 2.75) is 33.8 Å². The second-order valence-corrected chi connectivity index (χ2v) is 12.3. The highest BCUT2D eigenvalue weighted by atomic mass is 32.2. The van der Waals surface area contributed by atoms with Crippen LogP contribution in [0.25, 0.3) is 0 Å². The van der Waals surface area contributed by atoms with Gasteiger partial charge in [0.2, 0.25) is 15.7 Å². The fraction of sp³-hybridized carbons (Fsp3) is 0.200. The van der Waals surface area contributed by atoms with Crippen molar-refractivity contribution in [1.29, 1.82) is 0 Å². The number of nitrogens with one attached hydrogen (secondary N) is 1. The number of hydrogen-bond acceptors (Lipinski definition) is 9. The normalized spacial score (nSPS) is 11.8. The van der Waals surface area contributed by atoms with Crippen LogP contribution < -0.4 is 5.32 Å². The standard InChI is InChI=1S/C20H19N3O7S3/c1-14-4-8-16(9-5-14)32(27,28)12-2-3-18(24)22-20-21-13-19(31-20)33(29,30)17-10-6-15(7-11-17)23(25)26/h4-11,13H,2-3,12H2,1H3,(H,21,22,24). The first-order chi connectivity index (χ1) is 15.5. The Morgan fingerprint density at radius 2 is 1.64 bits per heavy atom. The lowest BCUT2D eigenvalue weighted by atomic mass is 10.2. The summed E-state index contributed by atoms with van der Waals surface area (Å²) in [6, 6.07) is 10.9. The van der Waals surface area contributed by atoms with Crippen LogP contribution in [0.5, 0.6) is 0 Å². The molecule has 0 saturated heterocycles. The first-order valence-electron chi connectivity index (χ1n) is 9.54. The number of nitrogens with zero attached hydrogens (tertiary/aromatic N) is 2. The third-order valence-electron chi connectivity index (χ3n) is 4.55.